The molecule has 0 amide bonds. The van der Waals surface area contributed by atoms with Crippen molar-refractivity contribution in [1.82, 2.24) is 0 Å². The molecule has 0 fully saturated rings. The average Bonchev–Trinajstić information content (AvgIpc) is 2.27. The van der Waals surface area contributed by atoms with E-state index < -0.39 is 0 Å². The minimum absolute atomic E-state index is 0.199. The molecular weight excluding hydrogens is 200 g/mol. The van der Waals surface area contributed by atoms with Crippen molar-refractivity contribution >= 4 is 0 Å². The van der Waals surface area contributed by atoms with Crippen LogP contribution in [0.4, 0.5) is 0 Å². The van der Waals surface area contributed by atoms with Crippen molar-refractivity contribution in [3.8, 4) is 5.75 Å². The number of rotatable bonds is 6. The van der Waals surface area contributed by atoms with Crippen LogP contribution in [0.25, 0.3) is 0 Å². The Bertz CT molecular complexity index is 290. The third-order valence-electron chi connectivity index (χ3n) is 2.61. The lowest BCUT2D eigenvalue weighted by atomic mass is 10.0. The smallest absolute Gasteiger partial charge is 0.119 e. The zero-order chi connectivity index (χ0) is 12.0. The summed E-state index contributed by atoms with van der Waals surface area (Å²) in [4.78, 5) is 0. The molecule has 1 atom stereocenters. The molecule has 2 heteroatoms. The summed E-state index contributed by atoms with van der Waals surface area (Å²) in [6.07, 6.45) is 1.12. The standard InChI is InChI=1S/C14H22O2/c1-11(2)13-5-7-14(8-6-13)16-12(3)9-10-15-4/h5-8,11-12H,9-10H2,1-4H3. The summed E-state index contributed by atoms with van der Waals surface area (Å²) in [5.41, 5.74) is 1.34. The van der Waals surface area contributed by atoms with Crippen molar-refractivity contribution < 1.29 is 9.47 Å². The molecule has 16 heavy (non-hydrogen) atoms. The summed E-state index contributed by atoms with van der Waals surface area (Å²) < 4.78 is 10.8. The third kappa shape index (κ3) is 4.23. The van der Waals surface area contributed by atoms with Crippen LogP contribution in [0.1, 0.15) is 38.7 Å². The van der Waals surface area contributed by atoms with Gasteiger partial charge in [-0.2, -0.15) is 0 Å². The Morgan fingerprint density at radius 2 is 1.69 bits per heavy atom. The lowest BCUT2D eigenvalue weighted by molar-refractivity contribution is 0.135. The van der Waals surface area contributed by atoms with E-state index in [1.165, 1.54) is 5.56 Å². The van der Waals surface area contributed by atoms with Crippen molar-refractivity contribution in [2.24, 2.45) is 0 Å². The van der Waals surface area contributed by atoms with Gasteiger partial charge in [0.2, 0.25) is 0 Å². The molecule has 0 aromatic heterocycles. The van der Waals surface area contributed by atoms with Crippen LogP contribution in [0.2, 0.25) is 0 Å². The lowest BCUT2D eigenvalue weighted by Crippen LogP contribution is -2.14. The van der Waals surface area contributed by atoms with Gasteiger partial charge in [0.25, 0.3) is 0 Å². The van der Waals surface area contributed by atoms with E-state index in [9.17, 15) is 0 Å². The van der Waals surface area contributed by atoms with Crippen LogP contribution in [0, 0.1) is 0 Å². The first-order valence-corrected chi connectivity index (χ1v) is 5.89. The SMILES string of the molecule is COCCC(C)Oc1ccc(C(C)C)cc1. The van der Waals surface area contributed by atoms with Gasteiger partial charge in [-0.25, -0.2) is 0 Å². The molecule has 90 valence electrons. The van der Waals surface area contributed by atoms with Gasteiger partial charge in [0.05, 0.1) is 6.10 Å². The monoisotopic (exact) mass is 222 g/mol. The van der Waals surface area contributed by atoms with Gasteiger partial charge < -0.3 is 9.47 Å². The second kappa shape index (κ2) is 6.54. The fourth-order valence-corrected chi connectivity index (χ4v) is 1.51. The normalized spacial score (nSPS) is 12.8. The van der Waals surface area contributed by atoms with E-state index in [-0.39, 0.29) is 6.10 Å². The molecule has 0 saturated carbocycles. The maximum absolute atomic E-state index is 5.77. The summed E-state index contributed by atoms with van der Waals surface area (Å²) in [6.45, 7) is 7.19. The van der Waals surface area contributed by atoms with E-state index in [0.29, 0.717) is 5.92 Å². The van der Waals surface area contributed by atoms with Gasteiger partial charge in [-0.1, -0.05) is 26.0 Å². The topological polar surface area (TPSA) is 18.5 Å². The van der Waals surface area contributed by atoms with Crippen molar-refractivity contribution in [1.29, 1.82) is 0 Å². The maximum Gasteiger partial charge on any atom is 0.119 e. The van der Waals surface area contributed by atoms with E-state index in [1.54, 1.807) is 7.11 Å². The highest BCUT2D eigenvalue weighted by atomic mass is 16.5. The Kier molecular flexibility index (Phi) is 5.33. The highest BCUT2D eigenvalue weighted by Gasteiger charge is 2.04. The zero-order valence-corrected chi connectivity index (χ0v) is 10.7. The molecule has 0 N–H and O–H groups in total. The Morgan fingerprint density at radius 1 is 1.06 bits per heavy atom. The quantitative estimate of drug-likeness (QED) is 0.732. The molecular formula is C14H22O2. The minimum Gasteiger partial charge on any atom is -0.491 e. The van der Waals surface area contributed by atoms with Gasteiger partial charge >= 0.3 is 0 Å². The van der Waals surface area contributed by atoms with E-state index in [0.717, 1.165) is 18.8 Å². The summed E-state index contributed by atoms with van der Waals surface area (Å²) >= 11 is 0. The van der Waals surface area contributed by atoms with Crippen LogP contribution in [0.5, 0.6) is 5.75 Å². The predicted molar refractivity (Wildman–Crippen MR) is 67.1 cm³/mol. The molecule has 0 saturated heterocycles. The molecule has 0 aliphatic rings. The average molecular weight is 222 g/mol. The van der Waals surface area contributed by atoms with E-state index >= 15 is 0 Å². The summed E-state index contributed by atoms with van der Waals surface area (Å²) in [5, 5.41) is 0. The predicted octanol–water partition coefficient (Wildman–Crippen LogP) is 3.61. The highest BCUT2D eigenvalue weighted by molar-refractivity contribution is 5.28. The first-order chi connectivity index (χ1) is 7.63. The molecule has 0 spiro atoms. The van der Waals surface area contributed by atoms with Gasteiger partial charge in [-0.15, -0.1) is 0 Å². The fraction of sp³-hybridized carbons (Fsp3) is 0.571. The molecule has 0 radical (unpaired) electrons. The lowest BCUT2D eigenvalue weighted by Gasteiger charge is -2.15. The first kappa shape index (κ1) is 13.0. The molecule has 0 aliphatic heterocycles. The van der Waals surface area contributed by atoms with E-state index in [1.807, 2.05) is 12.1 Å². The van der Waals surface area contributed by atoms with E-state index in [4.69, 9.17) is 9.47 Å². The van der Waals surface area contributed by atoms with Gasteiger partial charge in [-0.3, -0.25) is 0 Å². The third-order valence-corrected chi connectivity index (χ3v) is 2.61. The molecule has 1 unspecified atom stereocenters. The Labute approximate surface area is 98.6 Å². The Morgan fingerprint density at radius 3 is 2.19 bits per heavy atom. The van der Waals surface area contributed by atoms with Gasteiger partial charge in [0.1, 0.15) is 5.75 Å². The number of hydrogen-bond donors (Lipinski definition) is 0. The highest BCUT2D eigenvalue weighted by Crippen LogP contribution is 2.19. The Balaban J connectivity index is 2.48. The van der Waals surface area contributed by atoms with Gasteiger partial charge in [0.15, 0.2) is 0 Å². The summed E-state index contributed by atoms with van der Waals surface area (Å²) in [5.74, 6) is 1.51. The van der Waals surface area contributed by atoms with Crippen LogP contribution in [0.3, 0.4) is 0 Å². The van der Waals surface area contributed by atoms with Crippen molar-refractivity contribution in [2.75, 3.05) is 13.7 Å². The first-order valence-electron chi connectivity index (χ1n) is 5.89. The molecule has 1 aromatic rings. The van der Waals surface area contributed by atoms with Crippen LogP contribution in [0.15, 0.2) is 24.3 Å². The number of methoxy groups -OCH3 is 1. The van der Waals surface area contributed by atoms with Crippen LogP contribution < -0.4 is 4.74 Å². The second-order valence-electron chi connectivity index (χ2n) is 4.43. The zero-order valence-electron chi connectivity index (χ0n) is 10.7. The number of benzene rings is 1. The number of hydrogen-bond acceptors (Lipinski definition) is 2. The maximum atomic E-state index is 5.77. The number of ether oxygens (including phenoxy) is 2. The van der Waals surface area contributed by atoms with Gasteiger partial charge in [-0.05, 0) is 30.5 Å². The van der Waals surface area contributed by atoms with Crippen LogP contribution in [-0.4, -0.2) is 19.8 Å². The van der Waals surface area contributed by atoms with Gasteiger partial charge in [0, 0.05) is 20.1 Å². The molecule has 1 rings (SSSR count). The minimum atomic E-state index is 0.199. The molecule has 0 heterocycles. The van der Waals surface area contributed by atoms with E-state index in [2.05, 4.69) is 32.9 Å². The summed E-state index contributed by atoms with van der Waals surface area (Å²) in [6, 6.07) is 8.34. The Hall–Kier alpha value is -1.02. The molecule has 1 aromatic carbocycles. The fourth-order valence-electron chi connectivity index (χ4n) is 1.51. The largest absolute Gasteiger partial charge is 0.491 e. The molecule has 0 aliphatic carbocycles. The summed E-state index contributed by atoms with van der Waals surface area (Å²) in [7, 11) is 1.71. The van der Waals surface area contributed by atoms with Crippen molar-refractivity contribution in [3.05, 3.63) is 29.8 Å². The molecule has 2 nitrogen and oxygen atoms in total. The van der Waals surface area contributed by atoms with Crippen LogP contribution in [-0.2, 0) is 4.74 Å². The van der Waals surface area contributed by atoms with Crippen molar-refractivity contribution in [2.45, 2.75) is 39.2 Å². The van der Waals surface area contributed by atoms with Crippen LogP contribution >= 0.6 is 0 Å². The van der Waals surface area contributed by atoms with Crippen molar-refractivity contribution in [3.63, 3.8) is 0 Å². The second-order valence-corrected chi connectivity index (χ2v) is 4.43. The molecule has 0 bridgehead atoms.